The molecule has 0 radical (unpaired) electrons. The molecule has 0 unspecified atom stereocenters. The first kappa shape index (κ1) is 36.6. The highest BCUT2D eigenvalue weighted by molar-refractivity contribution is 7.92. The number of benzene rings is 4. The van der Waals surface area contributed by atoms with Crippen molar-refractivity contribution in [3.63, 3.8) is 0 Å². The average molecular weight is 736 g/mol. The molecule has 12 heteroatoms. The molecule has 2 amide bonds. The van der Waals surface area contributed by atoms with Crippen LogP contribution in [0.3, 0.4) is 0 Å². The second-order valence-electron chi connectivity index (χ2n) is 11.2. The van der Waals surface area contributed by atoms with Crippen LogP contribution in [0.25, 0.3) is 0 Å². The van der Waals surface area contributed by atoms with E-state index in [0.717, 1.165) is 15.4 Å². The third-order valence-electron chi connectivity index (χ3n) is 7.67. The fourth-order valence-corrected chi connectivity index (χ4v) is 7.04. The van der Waals surface area contributed by atoms with Crippen LogP contribution in [0.5, 0.6) is 0 Å². The van der Waals surface area contributed by atoms with Gasteiger partial charge in [-0.05, 0) is 73.9 Å². The highest BCUT2D eigenvalue weighted by Gasteiger charge is 2.35. The lowest BCUT2D eigenvalue weighted by atomic mass is 10.0. The number of aryl methyl sites for hydroxylation is 1. The summed E-state index contributed by atoms with van der Waals surface area (Å²) < 4.78 is 29.4. The molecule has 4 aromatic rings. The molecule has 248 valence electrons. The number of amides is 2. The topological polar surface area (TPSA) is 86.8 Å². The van der Waals surface area contributed by atoms with E-state index in [1.165, 1.54) is 35.2 Å². The van der Waals surface area contributed by atoms with Crippen molar-refractivity contribution < 1.29 is 18.0 Å². The summed E-state index contributed by atoms with van der Waals surface area (Å²) in [7, 11) is -4.35. The van der Waals surface area contributed by atoms with Gasteiger partial charge in [-0.3, -0.25) is 13.9 Å². The molecule has 0 saturated heterocycles. The van der Waals surface area contributed by atoms with Gasteiger partial charge in [0.15, 0.2) is 0 Å². The van der Waals surface area contributed by atoms with E-state index in [4.69, 9.17) is 46.4 Å². The Bertz CT molecular complexity index is 1820. The minimum absolute atomic E-state index is 0.0197. The Morgan fingerprint density at radius 1 is 0.809 bits per heavy atom. The van der Waals surface area contributed by atoms with Gasteiger partial charge in [0.1, 0.15) is 12.6 Å². The lowest BCUT2D eigenvalue weighted by molar-refractivity contribution is -0.140. The molecule has 47 heavy (non-hydrogen) atoms. The molecule has 0 aromatic heterocycles. The van der Waals surface area contributed by atoms with Gasteiger partial charge in [0.25, 0.3) is 10.0 Å². The van der Waals surface area contributed by atoms with Crippen LogP contribution in [0.1, 0.15) is 37.0 Å². The number of hydrogen-bond acceptors (Lipinski definition) is 4. The predicted octanol–water partition coefficient (Wildman–Crippen LogP) is 8.36. The molecule has 0 spiro atoms. The highest BCUT2D eigenvalue weighted by atomic mass is 35.5. The Labute approximate surface area is 296 Å². The number of sulfonamides is 1. The molecule has 4 aromatic carbocycles. The molecule has 0 aliphatic rings. The van der Waals surface area contributed by atoms with E-state index in [0.29, 0.717) is 17.0 Å². The number of carbonyl (C=O) groups excluding carboxylic acids is 2. The van der Waals surface area contributed by atoms with E-state index in [2.05, 4.69) is 5.32 Å². The normalized spacial score (nSPS) is 12.7. The first-order valence-electron chi connectivity index (χ1n) is 14.9. The maximum Gasteiger partial charge on any atom is 0.264 e. The average Bonchev–Trinajstić information content (AvgIpc) is 3.04. The van der Waals surface area contributed by atoms with Crippen LogP contribution in [-0.2, 0) is 32.6 Å². The zero-order valence-corrected chi connectivity index (χ0v) is 29.9. The van der Waals surface area contributed by atoms with E-state index in [-0.39, 0.29) is 50.6 Å². The van der Waals surface area contributed by atoms with Gasteiger partial charge in [-0.2, -0.15) is 0 Å². The third-order valence-corrected chi connectivity index (χ3v) is 10.7. The van der Waals surface area contributed by atoms with E-state index >= 15 is 0 Å². The van der Waals surface area contributed by atoms with Crippen LogP contribution >= 0.6 is 46.4 Å². The highest BCUT2D eigenvalue weighted by Crippen LogP contribution is 2.34. The van der Waals surface area contributed by atoms with E-state index in [9.17, 15) is 18.0 Å². The third kappa shape index (κ3) is 9.42. The van der Waals surface area contributed by atoms with E-state index in [1.807, 2.05) is 51.1 Å². The fourth-order valence-electron chi connectivity index (χ4n) is 4.86. The summed E-state index contributed by atoms with van der Waals surface area (Å²) in [5, 5.41) is 3.90. The van der Waals surface area contributed by atoms with Gasteiger partial charge in [0.2, 0.25) is 11.8 Å². The van der Waals surface area contributed by atoms with Crippen molar-refractivity contribution in [1.82, 2.24) is 10.2 Å². The minimum atomic E-state index is -4.35. The van der Waals surface area contributed by atoms with Gasteiger partial charge in [0.05, 0.1) is 25.7 Å². The SMILES string of the molecule is CC[C@@H](C)NC(=O)[C@H](Cc1ccccc1)N(Cc1ccc(Cl)c(Cl)c1)C(=O)CN(c1cc(Cl)ccc1Cl)S(=O)(=O)c1ccc(C)cc1. The summed E-state index contributed by atoms with van der Waals surface area (Å²) in [5.41, 5.74) is 2.28. The Morgan fingerprint density at radius 2 is 1.47 bits per heavy atom. The molecule has 0 aliphatic heterocycles. The van der Waals surface area contributed by atoms with Gasteiger partial charge in [-0.1, -0.05) is 107 Å². The zero-order valence-electron chi connectivity index (χ0n) is 26.1. The Kier molecular flexibility index (Phi) is 12.6. The number of hydrogen-bond donors (Lipinski definition) is 1. The van der Waals surface area contributed by atoms with Crippen molar-refractivity contribution in [2.45, 2.75) is 57.1 Å². The molecule has 0 bridgehead atoms. The number of anilines is 1. The largest absolute Gasteiger partial charge is 0.352 e. The molecule has 0 saturated carbocycles. The number of nitrogens with zero attached hydrogens (tertiary/aromatic N) is 2. The van der Waals surface area contributed by atoms with Crippen LogP contribution in [0, 0.1) is 6.92 Å². The maximum absolute atomic E-state index is 14.6. The van der Waals surface area contributed by atoms with Crippen molar-refractivity contribution in [3.05, 3.63) is 128 Å². The van der Waals surface area contributed by atoms with Crippen LogP contribution in [0.2, 0.25) is 20.1 Å². The molecular formula is C35H35Cl4N3O4S. The van der Waals surface area contributed by atoms with Crippen LogP contribution in [0.15, 0.2) is 95.9 Å². The quantitative estimate of drug-likeness (QED) is 0.150. The van der Waals surface area contributed by atoms with Crippen LogP contribution in [0.4, 0.5) is 5.69 Å². The number of halogens is 4. The Hall–Kier alpha value is -3.27. The second kappa shape index (κ2) is 16.2. The summed E-state index contributed by atoms with van der Waals surface area (Å²) in [5.74, 6) is -1.03. The van der Waals surface area contributed by atoms with Gasteiger partial charge >= 0.3 is 0 Å². The van der Waals surface area contributed by atoms with Gasteiger partial charge in [0, 0.05) is 24.0 Å². The fraction of sp³-hybridized carbons (Fsp3) is 0.257. The first-order valence-corrected chi connectivity index (χ1v) is 17.9. The summed E-state index contributed by atoms with van der Waals surface area (Å²) >= 11 is 25.4. The number of carbonyl (C=O) groups is 2. The lowest BCUT2D eigenvalue weighted by Gasteiger charge is -2.34. The second-order valence-corrected chi connectivity index (χ2v) is 14.7. The Morgan fingerprint density at radius 3 is 2.11 bits per heavy atom. The standard InChI is InChI=1S/C35H35Cl4N3O4S/c1-4-24(3)40-35(44)33(19-25-8-6-5-7-9-25)41(21-26-12-16-29(37)31(39)18-26)34(43)22-42(32-20-27(36)13-17-30(32)38)47(45,46)28-14-10-23(2)11-15-28/h5-18,20,24,33H,4,19,21-22H2,1-3H3,(H,40,44)/t24-,33+/m1/s1. The summed E-state index contributed by atoms with van der Waals surface area (Å²) in [6, 6.07) is 23.7. The van der Waals surface area contributed by atoms with Gasteiger partial charge in [-0.15, -0.1) is 0 Å². The molecule has 1 N–H and O–H groups in total. The van der Waals surface area contributed by atoms with Crippen LogP contribution < -0.4 is 9.62 Å². The lowest BCUT2D eigenvalue weighted by Crippen LogP contribution is -2.54. The van der Waals surface area contributed by atoms with Crippen molar-refractivity contribution in [2.24, 2.45) is 0 Å². The maximum atomic E-state index is 14.6. The van der Waals surface area contributed by atoms with Crippen LogP contribution in [-0.4, -0.2) is 43.8 Å². The monoisotopic (exact) mass is 733 g/mol. The van der Waals surface area contributed by atoms with Crippen molar-refractivity contribution >= 4 is 73.9 Å². The van der Waals surface area contributed by atoms with Crippen molar-refractivity contribution in [3.8, 4) is 0 Å². The molecule has 0 aliphatic carbocycles. The summed E-state index contributed by atoms with van der Waals surface area (Å²) in [4.78, 5) is 29.9. The predicted molar refractivity (Wildman–Crippen MR) is 191 cm³/mol. The van der Waals surface area contributed by atoms with E-state index in [1.54, 1.807) is 30.3 Å². The smallest absolute Gasteiger partial charge is 0.264 e. The number of rotatable bonds is 13. The molecule has 7 nitrogen and oxygen atoms in total. The molecule has 0 heterocycles. The molecule has 2 atom stereocenters. The summed E-state index contributed by atoms with van der Waals surface area (Å²) in [6.45, 7) is 4.91. The van der Waals surface area contributed by atoms with Gasteiger partial charge < -0.3 is 10.2 Å². The summed E-state index contributed by atoms with van der Waals surface area (Å²) in [6.07, 6.45) is 0.833. The minimum Gasteiger partial charge on any atom is -0.352 e. The molecular weight excluding hydrogens is 700 g/mol. The van der Waals surface area contributed by atoms with Crippen molar-refractivity contribution in [1.29, 1.82) is 0 Å². The van der Waals surface area contributed by atoms with Crippen molar-refractivity contribution in [2.75, 3.05) is 10.8 Å². The first-order chi connectivity index (χ1) is 22.3. The van der Waals surface area contributed by atoms with E-state index < -0.39 is 28.5 Å². The molecule has 4 rings (SSSR count). The number of nitrogens with one attached hydrogen (secondary N) is 1. The zero-order chi connectivity index (χ0) is 34.3. The van der Waals surface area contributed by atoms with Gasteiger partial charge in [-0.25, -0.2) is 8.42 Å². The molecule has 0 fully saturated rings. The Balaban J connectivity index is 1.85.